The van der Waals surface area contributed by atoms with Crippen molar-refractivity contribution in [2.75, 3.05) is 19.6 Å². The van der Waals surface area contributed by atoms with Gasteiger partial charge >= 0.3 is 0 Å². The minimum absolute atomic E-state index is 0.0241. The average molecular weight is 226 g/mol. The number of hydrogen-bond donors (Lipinski definition) is 1. The zero-order valence-corrected chi connectivity index (χ0v) is 11.6. The van der Waals surface area contributed by atoms with Crippen LogP contribution in [0, 0.1) is 5.41 Å². The van der Waals surface area contributed by atoms with Crippen molar-refractivity contribution in [1.82, 2.24) is 10.2 Å². The molecule has 1 unspecified atom stereocenters. The van der Waals surface area contributed by atoms with Crippen molar-refractivity contribution >= 4 is 6.29 Å². The van der Waals surface area contributed by atoms with Crippen LogP contribution in [0.2, 0.25) is 0 Å². The molecule has 0 saturated carbocycles. The summed E-state index contributed by atoms with van der Waals surface area (Å²) in [5.41, 5.74) is -0.435. The lowest BCUT2D eigenvalue weighted by molar-refractivity contribution is -0.136. The van der Waals surface area contributed by atoms with E-state index in [2.05, 4.69) is 51.8 Å². The largest absolute Gasteiger partial charge is 0.313 e. The Bertz CT molecular complexity index is 262. The minimum Gasteiger partial charge on any atom is -0.313 e. The molecule has 3 heteroatoms. The maximum Gasteiger partial charge on any atom is 0.142 e. The van der Waals surface area contributed by atoms with Crippen LogP contribution in [-0.4, -0.2) is 41.9 Å². The lowest BCUT2D eigenvalue weighted by Crippen LogP contribution is -2.72. The van der Waals surface area contributed by atoms with Crippen molar-refractivity contribution in [3.05, 3.63) is 0 Å². The Morgan fingerprint density at radius 1 is 1.19 bits per heavy atom. The van der Waals surface area contributed by atoms with Crippen molar-refractivity contribution in [2.24, 2.45) is 5.41 Å². The summed E-state index contributed by atoms with van der Waals surface area (Å²) >= 11 is 0. The normalized spacial score (nSPS) is 29.1. The number of piperazine rings is 1. The fourth-order valence-electron chi connectivity index (χ4n) is 2.65. The van der Waals surface area contributed by atoms with E-state index in [-0.39, 0.29) is 11.0 Å². The van der Waals surface area contributed by atoms with Gasteiger partial charge in [-0.2, -0.15) is 0 Å². The third kappa shape index (κ3) is 2.16. The third-order valence-electron chi connectivity index (χ3n) is 3.69. The highest BCUT2D eigenvalue weighted by Gasteiger charge is 2.51. The van der Waals surface area contributed by atoms with Crippen molar-refractivity contribution in [1.29, 1.82) is 0 Å². The topological polar surface area (TPSA) is 32.3 Å². The van der Waals surface area contributed by atoms with Gasteiger partial charge in [0.1, 0.15) is 6.29 Å². The van der Waals surface area contributed by atoms with Crippen LogP contribution in [0.4, 0.5) is 0 Å². The van der Waals surface area contributed by atoms with Gasteiger partial charge in [0.05, 0.1) is 5.54 Å². The molecule has 0 radical (unpaired) electrons. The average Bonchev–Trinajstić information content (AvgIpc) is 2.14. The SMILES string of the molecule is CC(C)(C)N1CCNCC1(C=O)C(C)(C)C. The fraction of sp³-hybridized carbons (Fsp3) is 0.923. The van der Waals surface area contributed by atoms with Gasteiger partial charge < -0.3 is 10.1 Å². The van der Waals surface area contributed by atoms with E-state index >= 15 is 0 Å². The molecule has 0 spiro atoms. The van der Waals surface area contributed by atoms with Crippen molar-refractivity contribution < 1.29 is 4.79 Å². The zero-order valence-electron chi connectivity index (χ0n) is 11.6. The van der Waals surface area contributed by atoms with Gasteiger partial charge in [-0.25, -0.2) is 0 Å². The van der Waals surface area contributed by atoms with E-state index in [0.29, 0.717) is 0 Å². The van der Waals surface area contributed by atoms with Crippen LogP contribution >= 0.6 is 0 Å². The lowest BCUT2D eigenvalue weighted by atomic mass is 9.70. The summed E-state index contributed by atoms with van der Waals surface area (Å²) in [6.45, 7) is 15.6. The summed E-state index contributed by atoms with van der Waals surface area (Å²) in [6, 6.07) is 0. The van der Waals surface area contributed by atoms with Gasteiger partial charge in [0.2, 0.25) is 0 Å². The second-order valence-electron chi connectivity index (χ2n) is 6.79. The van der Waals surface area contributed by atoms with E-state index in [1.54, 1.807) is 0 Å². The molecule has 1 saturated heterocycles. The first kappa shape index (κ1) is 13.7. The van der Waals surface area contributed by atoms with Crippen LogP contribution in [-0.2, 0) is 4.79 Å². The molecule has 0 aliphatic carbocycles. The Kier molecular flexibility index (Phi) is 3.51. The van der Waals surface area contributed by atoms with E-state index in [0.717, 1.165) is 25.9 Å². The van der Waals surface area contributed by atoms with Crippen molar-refractivity contribution in [3.63, 3.8) is 0 Å². The van der Waals surface area contributed by atoms with Crippen LogP contribution in [0.1, 0.15) is 41.5 Å². The molecule has 16 heavy (non-hydrogen) atoms. The molecule has 1 atom stereocenters. The van der Waals surface area contributed by atoms with Gasteiger partial charge in [0.15, 0.2) is 0 Å². The quantitative estimate of drug-likeness (QED) is 0.690. The van der Waals surface area contributed by atoms with E-state index < -0.39 is 5.54 Å². The smallest absolute Gasteiger partial charge is 0.142 e. The molecule has 0 bridgehead atoms. The Morgan fingerprint density at radius 3 is 2.06 bits per heavy atom. The number of carbonyl (C=O) groups is 1. The molecule has 0 aromatic carbocycles. The summed E-state index contributed by atoms with van der Waals surface area (Å²) in [4.78, 5) is 14.1. The number of rotatable bonds is 1. The Labute approximate surface area is 99.6 Å². The minimum atomic E-state index is -0.399. The lowest BCUT2D eigenvalue weighted by Gasteiger charge is -2.56. The molecule has 94 valence electrons. The van der Waals surface area contributed by atoms with Gasteiger partial charge in [-0.1, -0.05) is 20.8 Å². The number of nitrogens with one attached hydrogen (secondary N) is 1. The van der Waals surface area contributed by atoms with E-state index in [1.165, 1.54) is 0 Å². The van der Waals surface area contributed by atoms with Crippen LogP contribution < -0.4 is 5.32 Å². The number of aldehydes is 1. The van der Waals surface area contributed by atoms with E-state index in [4.69, 9.17) is 0 Å². The molecule has 1 heterocycles. The standard InChI is InChI=1S/C13H26N2O/c1-11(2,3)13(10-16)9-14-7-8-15(13)12(4,5)6/h10,14H,7-9H2,1-6H3. The molecular formula is C13H26N2O. The predicted octanol–water partition coefficient (Wildman–Crippen LogP) is 1.67. The second kappa shape index (κ2) is 4.11. The maximum absolute atomic E-state index is 11.7. The summed E-state index contributed by atoms with van der Waals surface area (Å²) in [5, 5.41) is 3.36. The molecule has 0 aromatic heterocycles. The van der Waals surface area contributed by atoms with Crippen LogP contribution in [0.5, 0.6) is 0 Å². The van der Waals surface area contributed by atoms with Gasteiger partial charge in [0.25, 0.3) is 0 Å². The summed E-state index contributed by atoms with van der Waals surface area (Å²) in [7, 11) is 0. The van der Waals surface area contributed by atoms with Gasteiger partial charge in [-0.15, -0.1) is 0 Å². The molecule has 1 aliphatic heterocycles. The van der Waals surface area contributed by atoms with Gasteiger partial charge in [-0.3, -0.25) is 4.90 Å². The summed E-state index contributed by atoms with van der Waals surface area (Å²) in [5.74, 6) is 0. The van der Waals surface area contributed by atoms with Gasteiger partial charge in [0, 0.05) is 25.2 Å². The number of nitrogens with zero attached hydrogens (tertiary/aromatic N) is 1. The van der Waals surface area contributed by atoms with Crippen LogP contribution in [0.25, 0.3) is 0 Å². The summed E-state index contributed by atoms with van der Waals surface area (Å²) < 4.78 is 0. The highest BCUT2D eigenvalue weighted by molar-refractivity contribution is 5.67. The first-order valence-corrected chi connectivity index (χ1v) is 6.10. The molecular weight excluding hydrogens is 200 g/mol. The number of carbonyl (C=O) groups excluding carboxylic acids is 1. The highest BCUT2D eigenvalue weighted by Crippen LogP contribution is 2.38. The second-order valence-corrected chi connectivity index (χ2v) is 6.79. The monoisotopic (exact) mass is 226 g/mol. The molecule has 1 N–H and O–H groups in total. The van der Waals surface area contributed by atoms with Crippen molar-refractivity contribution in [3.8, 4) is 0 Å². The molecule has 0 amide bonds. The predicted molar refractivity (Wildman–Crippen MR) is 67.6 cm³/mol. The molecule has 1 fully saturated rings. The van der Waals surface area contributed by atoms with Crippen molar-refractivity contribution in [2.45, 2.75) is 52.6 Å². The fourth-order valence-corrected chi connectivity index (χ4v) is 2.65. The Balaban J connectivity index is 3.17. The molecule has 1 aliphatic rings. The zero-order chi connectivity index (χ0) is 12.6. The van der Waals surface area contributed by atoms with E-state index in [9.17, 15) is 4.79 Å². The maximum atomic E-state index is 11.7. The van der Waals surface area contributed by atoms with Crippen LogP contribution in [0.3, 0.4) is 0 Å². The van der Waals surface area contributed by atoms with Gasteiger partial charge in [-0.05, 0) is 26.2 Å². The number of hydrogen-bond acceptors (Lipinski definition) is 3. The molecule has 3 nitrogen and oxygen atoms in total. The third-order valence-corrected chi connectivity index (χ3v) is 3.69. The van der Waals surface area contributed by atoms with E-state index in [1.807, 2.05) is 0 Å². The summed E-state index contributed by atoms with van der Waals surface area (Å²) in [6.07, 6.45) is 1.14. The highest BCUT2D eigenvalue weighted by atomic mass is 16.1. The van der Waals surface area contributed by atoms with Crippen LogP contribution in [0.15, 0.2) is 0 Å². The molecule has 1 rings (SSSR count). The first-order valence-electron chi connectivity index (χ1n) is 6.10. The first-order chi connectivity index (χ1) is 7.15. The molecule has 0 aromatic rings. The Hall–Kier alpha value is -0.410. The Morgan fingerprint density at radius 2 is 1.75 bits per heavy atom.